The fourth-order valence-corrected chi connectivity index (χ4v) is 3.30. The number of benzene rings is 1. The van der Waals surface area contributed by atoms with E-state index < -0.39 is 35.5 Å². The minimum atomic E-state index is -1.55. The van der Waals surface area contributed by atoms with Gasteiger partial charge in [0.05, 0.1) is 13.2 Å². The summed E-state index contributed by atoms with van der Waals surface area (Å²) in [6.45, 7) is 3.84. The lowest BCUT2D eigenvalue weighted by Crippen LogP contribution is -2.67. The van der Waals surface area contributed by atoms with Crippen LogP contribution in [0.1, 0.15) is 38.7 Å². The minimum Gasteiger partial charge on any atom is -0.442 e. The standard InChI is InChI=1S/C20H27N3O6/c1-3-5-11-28-13-15(29-18(21)26)12-23-17(25)20(4-2,16(24)22-19(23)27)14-9-7-6-8-10-14/h6-10,15H,3-5,11-13H2,1-2H3,(H2,21,26)(H,22,24,27)/t15-,20+/m0/s1. The third-order valence-electron chi connectivity index (χ3n) is 4.88. The molecule has 0 saturated carbocycles. The zero-order valence-corrected chi connectivity index (χ0v) is 16.7. The van der Waals surface area contributed by atoms with Gasteiger partial charge >= 0.3 is 12.1 Å². The molecule has 0 aromatic heterocycles. The van der Waals surface area contributed by atoms with Gasteiger partial charge in [-0.1, -0.05) is 50.6 Å². The van der Waals surface area contributed by atoms with Crippen LogP contribution in [0.15, 0.2) is 30.3 Å². The number of carbonyl (C=O) groups excluding carboxylic acids is 4. The van der Waals surface area contributed by atoms with E-state index in [9.17, 15) is 19.2 Å². The van der Waals surface area contributed by atoms with Crippen molar-refractivity contribution >= 4 is 23.9 Å². The van der Waals surface area contributed by atoms with Gasteiger partial charge in [-0.25, -0.2) is 9.59 Å². The maximum Gasteiger partial charge on any atom is 0.404 e. The van der Waals surface area contributed by atoms with Gasteiger partial charge in [-0.2, -0.15) is 0 Å². The van der Waals surface area contributed by atoms with Crippen LogP contribution in [-0.2, 0) is 24.5 Å². The van der Waals surface area contributed by atoms with E-state index >= 15 is 0 Å². The van der Waals surface area contributed by atoms with Crippen molar-refractivity contribution in [2.75, 3.05) is 19.8 Å². The number of ether oxygens (including phenoxy) is 2. The van der Waals surface area contributed by atoms with Crippen molar-refractivity contribution in [3.63, 3.8) is 0 Å². The number of hydrogen-bond acceptors (Lipinski definition) is 6. The van der Waals surface area contributed by atoms with Crippen LogP contribution in [0.4, 0.5) is 9.59 Å². The van der Waals surface area contributed by atoms with Crippen molar-refractivity contribution in [3.8, 4) is 0 Å². The molecule has 1 aromatic rings. The van der Waals surface area contributed by atoms with Crippen LogP contribution < -0.4 is 11.1 Å². The molecular weight excluding hydrogens is 378 g/mol. The molecule has 0 spiro atoms. The molecule has 0 aliphatic carbocycles. The van der Waals surface area contributed by atoms with Crippen LogP contribution in [0.25, 0.3) is 0 Å². The van der Waals surface area contributed by atoms with Gasteiger partial charge in [-0.05, 0) is 18.4 Å². The third kappa shape index (κ3) is 4.92. The van der Waals surface area contributed by atoms with Gasteiger partial charge in [0.2, 0.25) is 5.91 Å². The second-order valence-electron chi connectivity index (χ2n) is 6.79. The van der Waals surface area contributed by atoms with Crippen molar-refractivity contribution < 1.29 is 28.7 Å². The molecular formula is C20H27N3O6. The van der Waals surface area contributed by atoms with Crippen LogP contribution in [0.3, 0.4) is 0 Å². The second kappa shape index (κ2) is 10.0. The number of barbiturate groups is 1. The quantitative estimate of drug-likeness (QED) is 0.450. The van der Waals surface area contributed by atoms with Crippen LogP contribution in [0, 0.1) is 0 Å². The van der Waals surface area contributed by atoms with Gasteiger partial charge in [0, 0.05) is 6.61 Å². The Bertz CT molecular complexity index is 754. The average Bonchev–Trinajstić information content (AvgIpc) is 2.69. The zero-order valence-electron chi connectivity index (χ0n) is 16.7. The Labute approximate surface area is 169 Å². The fourth-order valence-electron chi connectivity index (χ4n) is 3.30. The number of nitrogens with one attached hydrogen (secondary N) is 1. The fraction of sp³-hybridized carbons (Fsp3) is 0.500. The van der Waals surface area contributed by atoms with Crippen molar-refractivity contribution in [2.24, 2.45) is 5.73 Å². The van der Waals surface area contributed by atoms with Crippen molar-refractivity contribution in [3.05, 3.63) is 35.9 Å². The second-order valence-corrected chi connectivity index (χ2v) is 6.79. The first-order valence-corrected chi connectivity index (χ1v) is 9.63. The predicted octanol–water partition coefficient (Wildman–Crippen LogP) is 1.69. The summed E-state index contributed by atoms with van der Waals surface area (Å²) in [5.74, 6) is -1.35. The van der Waals surface area contributed by atoms with Crippen molar-refractivity contribution in [1.82, 2.24) is 10.2 Å². The van der Waals surface area contributed by atoms with Gasteiger partial charge < -0.3 is 15.2 Å². The monoisotopic (exact) mass is 405 g/mol. The lowest BCUT2D eigenvalue weighted by Gasteiger charge is -2.39. The molecule has 1 aromatic carbocycles. The number of carbonyl (C=O) groups is 4. The summed E-state index contributed by atoms with van der Waals surface area (Å²) in [6, 6.07) is 7.67. The Morgan fingerprint density at radius 3 is 2.48 bits per heavy atom. The first-order chi connectivity index (χ1) is 13.9. The van der Waals surface area contributed by atoms with Gasteiger partial charge in [0.1, 0.15) is 6.10 Å². The van der Waals surface area contributed by atoms with Gasteiger partial charge in [0.15, 0.2) is 5.41 Å². The summed E-state index contributed by atoms with van der Waals surface area (Å²) >= 11 is 0. The number of unbranched alkanes of at least 4 members (excludes halogenated alkanes) is 1. The lowest BCUT2D eigenvalue weighted by atomic mass is 9.74. The summed E-state index contributed by atoms with van der Waals surface area (Å²) in [5.41, 5.74) is 4.05. The molecule has 1 fully saturated rings. The number of imide groups is 2. The highest BCUT2D eigenvalue weighted by atomic mass is 16.6. The number of urea groups is 1. The maximum atomic E-state index is 13.3. The first-order valence-electron chi connectivity index (χ1n) is 9.63. The highest BCUT2D eigenvalue weighted by Crippen LogP contribution is 2.33. The van der Waals surface area contributed by atoms with Crippen LogP contribution >= 0.6 is 0 Å². The third-order valence-corrected chi connectivity index (χ3v) is 4.88. The van der Waals surface area contributed by atoms with E-state index in [4.69, 9.17) is 15.2 Å². The van der Waals surface area contributed by atoms with Crippen LogP contribution in [-0.4, -0.2) is 54.7 Å². The molecule has 1 aliphatic heterocycles. The number of nitrogens with zero attached hydrogens (tertiary/aromatic N) is 1. The SMILES string of the molecule is CCCCOC[C@H](CN1C(=O)NC(=O)[C@@](CC)(c2ccccc2)C1=O)OC(N)=O. The summed E-state index contributed by atoms with van der Waals surface area (Å²) in [5, 5.41) is 2.25. The number of nitrogens with two attached hydrogens (primary N) is 1. The van der Waals surface area contributed by atoms with Crippen LogP contribution in [0.2, 0.25) is 0 Å². The topological polar surface area (TPSA) is 128 Å². The van der Waals surface area contributed by atoms with E-state index in [-0.39, 0.29) is 19.6 Å². The van der Waals surface area contributed by atoms with Gasteiger partial charge in [-0.3, -0.25) is 19.8 Å². The van der Waals surface area contributed by atoms with E-state index in [2.05, 4.69) is 5.32 Å². The average molecular weight is 405 g/mol. The van der Waals surface area contributed by atoms with Gasteiger partial charge in [0.25, 0.3) is 5.91 Å². The Morgan fingerprint density at radius 1 is 1.21 bits per heavy atom. The summed E-state index contributed by atoms with van der Waals surface area (Å²) in [4.78, 5) is 50.6. The molecule has 0 bridgehead atoms. The van der Waals surface area contributed by atoms with Crippen molar-refractivity contribution in [1.29, 1.82) is 0 Å². The molecule has 1 saturated heterocycles. The Morgan fingerprint density at radius 2 is 1.90 bits per heavy atom. The Kier molecular flexibility index (Phi) is 7.72. The summed E-state index contributed by atoms with van der Waals surface area (Å²) < 4.78 is 10.5. The minimum absolute atomic E-state index is 0.0294. The van der Waals surface area contributed by atoms with E-state index in [1.54, 1.807) is 37.3 Å². The largest absolute Gasteiger partial charge is 0.442 e. The molecule has 1 heterocycles. The zero-order chi connectivity index (χ0) is 21.4. The van der Waals surface area contributed by atoms with E-state index in [0.29, 0.717) is 12.2 Å². The Hall–Kier alpha value is -2.94. The molecule has 9 nitrogen and oxygen atoms in total. The number of amides is 5. The molecule has 2 atom stereocenters. The smallest absolute Gasteiger partial charge is 0.404 e. The molecule has 2 rings (SSSR count). The molecule has 1 aliphatic rings. The molecule has 29 heavy (non-hydrogen) atoms. The highest BCUT2D eigenvalue weighted by molar-refractivity contribution is 6.22. The first kappa shape index (κ1) is 22.4. The molecule has 0 unspecified atom stereocenters. The summed E-state index contributed by atoms with van der Waals surface area (Å²) in [6.07, 6.45) is -0.0994. The Balaban J connectivity index is 2.27. The maximum absolute atomic E-state index is 13.3. The van der Waals surface area contributed by atoms with Crippen LogP contribution in [0.5, 0.6) is 0 Å². The molecule has 3 N–H and O–H groups in total. The summed E-state index contributed by atoms with van der Waals surface area (Å²) in [7, 11) is 0. The van der Waals surface area contributed by atoms with Gasteiger partial charge in [-0.15, -0.1) is 0 Å². The normalized spacial score (nSPS) is 20.3. The lowest BCUT2D eigenvalue weighted by molar-refractivity contribution is -0.146. The molecule has 9 heteroatoms. The van der Waals surface area contributed by atoms with E-state index in [0.717, 1.165) is 17.7 Å². The molecule has 0 radical (unpaired) electrons. The predicted molar refractivity (Wildman–Crippen MR) is 104 cm³/mol. The number of rotatable bonds is 10. The van der Waals surface area contributed by atoms with E-state index in [1.807, 2.05) is 6.92 Å². The number of hydrogen-bond donors (Lipinski definition) is 2. The van der Waals surface area contributed by atoms with E-state index in [1.165, 1.54) is 0 Å². The molecule has 158 valence electrons. The molecule has 5 amide bonds. The number of primary amides is 1. The van der Waals surface area contributed by atoms with Crippen molar-refractivity contribution in [2.45, 2.75) is 44.6 Å². The highest BCUT2D eigenvalue weighted by Gasteiger charge is 2.54.